The molecule has 0 aliphatic carbocycles. The Morgan fingerprint density at radius 1 is 1.04 bits per heavy atom. The van der Waals surface area contributed by atoms with E-state index in [1.54, 1.807) is 29.6 Å². The zero-order chi connectivity index (χ0) is 18.6. The molecule has 1 heterocycles. The van der Waals surface area contributed by atoms with Gasteiger partial charge < -0.3 is 4.74 Å². The quantitative estimate of drug-likeness (QED) is 0.644. The van der Waals surface area contributed by atoms with Crippen LogP contribution in [0.25, 0.3) is 0 Å². The summed E-state index contributed by atoms with van der Waals surface area (Å²) in [5.41, 5.74) is 0.376. The molecule has 0 unspecified atom stereocenters. The number of para-hydroxylation sites is 1. The highest BCUT2D eigenvalue weighted by atomic mass is 32.2. The molecule has 0 spiro atoms. The van der Waals surface area contributed by atoms with Gasteiger partial charge in [0.15, 0.2) is 0 Å². The van der Waals surface area contributed by atoms with Crippen molar-refractivity contribution in [2.75, 3.05) is 4.72 Å². The molecule has 0 aliphatic rings. The zero-order valence-electron chi connectivity index (χ0n) is 13.4. The van der Waals surface area contributed by atoms with E-state index in [1.165, 1.54) is 36.4 Å². The van der Waals surface area contributed by atoms with Crippen molar-refractivity contribution in [2.45, 2.75) is 10.8 Å². The maximum atomic E-state index is 13.6. The van der Waals surface area contributed by atoms with E-state index >= 15 is 0 Å². The number of carbonyl (C=O) groups is 1. The Morgan fingerprint density at radius 2 is 1.77 bits per heavy atom. The third-order valence-corrected chi connectivity index (χ3v) is 6.23. The monoisotopic (exact) mass is 391 g/mol. The molecule has 0 saturated carbocycles. The number of ether oxygens (including phenoxy) is 1. The minimum absolute atomic E-state index is 0.0453. The van der Waals surface area contributed by atoms with E-state index in [4.69, 9.17) is 4.74 Å². The van der Waals surface area contributed by atoms with Gasteiger partial charge in [-0.3, -0.25) is 4.72 Å². The average molecular weight is 391 g/mol. The van der Waals surface area contributed by atoms with Crippen molar-refractivity contribution in [3.63, 3.8) is 0 Å². The van der Waals surface area contributed by atoms with Crippen LogP contribution in [0.1, 0.15) is 15.9 Å². The molecule has 0 bridgehead atoms. The maximum absolute atomic E-state index is 13.6. The summed E-state index contributed by atoms with van der Waals surface area (Å²) in [6.07, 6.45) is 0. The molecule has 0 radical (unpaired) electrons. The number of anilines is 1. The predicted octanol–water partition coefficient (Wildman–Crippen LogP) is 4.05. The average Bonchev–Trinajstić information content (AvgIpc) is 3.17. The van der Waals surface area contributed by atoms with Crippen LogP contribution < -0.4 is 4.72 Å². The Kier molecular flexibility index (Phi) is 5.34. The lowest BCUT2D eigenvalue weighted by molar-refractivity contribution is 0.0470. The first kappa shape index (κ1) is 18.1. The number of benzene rings is 2. The van der Waals surface area contributed by atoms with Gasteiger partial charge in [-0.15, -0.1) is 11.3 Å². The number of carbonyl (C=O) groups excluding carboxylic acids is 1. The predicted molar refractivity (Wildman–Crippen MR) is 97.1 cm³/mol. The van der Waals surface area contributed by atoms with Crippen molar-refractivity contribution >= 4 is 33.0 Å². The van der Waals surface area contributed by atoms with Crippen LogP contribution in [0.3, 0.4) is 0 Å². The van der Waals surface area contributed by atoms with E-state index in [0.29, 0.717) is 0 Å². The third-order valence-electron chi connectivity index (χ3n) is 3.47. The van der Waals surface area contributed by atoms with E-state index in [1.807, 2.05) is 0 Å². The van der Waals surface area contributed by atoms with E-state index in [0.717, 1.165) is 11.3 Å². The number of hydrogen-bond acceptors (Lipinski definition) is 5. The lowest BCUT2D eigenvalue weighted by Crippen LogP contribution is -2.15. The van der Waals surface area contributed by atoms with Gasteiger partial charge >= 0.3 is 5.97 Å². The molecule has 0 amide bonds. The Morgan fingerprint density at radius 3 is 2.50 bits per heavy atom. The summed E-state index contributed by atoms with van der Waals surface area (Å²) in [6.45, 7) is -0.252. The molecule has 0 aliphatic heterocycles. The van der Waals surface area contributed by atoms with E-state index in [9.17, 15) is 17.6 Å². The van der Waals surface area contributed by atoms with Crippen LogP contribution in [0.2, 0.25) is 0 Å². The first-order valence-electron chi connectivity index (χ1n) is 7.53. The molecule has 3 aromatic rings. The summed E-state index contributed by atoms with van der Waals surface area (Å²) in [5, 5.41) is 1.64. The standard InChI is InChI=1S/C18H14FNO4S2/c19-15-8-3-1-6-13(15)12-24-18(21)14-7-2-4-9-16(14)20-26(22,23)17-10-5-11-25-17/h1-11,20H,12H2. The minimum Gasteiger partial charge on any atom is -0.457 e. The zero-order valence-corrected chi connectivity index (χ0v) is 15.0. The number of nitrogens with one attached hydrogen (secondary N) is 1. The number of hydrogen-bond donors (Lipinski definition) is 1. The molecule has 26 heavy (non-hydrogen) atoms. The van der Waals surface area contributed by atoms with Crippen LogP contribution in [0.15, 0.2) is 70.3 Å². The van der Waals surface area contributed by atoms with Crippen molar-refractivity contribution in [3.8, 4) is 0 Å². The fraction of sp³-hybridized carbons (Fsp3) is 0.0556. The SMILES string of the molecule is O=C(OCc1ccccc1F)c1ccccc1NS(=O)(=O)c1cccs1. The lowest BCUT2D eigenvalue weighted by Gasteiger charge is -2.12. The largest absolute Gasteiger partial charge is 0.457 e. The van der Waals surface area contributed by atoms with E-state index < -0.39 is 21.8 Å². The normalized spacial score (nSPS) is 11.1. The van der Waals surface area contributed by atoms with Gasteiger partial charge in [0.05, 0.1) is 11.3 Å². The molecular weight excluding hydrogens is 377 g/mol. The van der Waals surface area contributed by atoms with Crippen LogP contribution in [-0.2, 0) is 21.4 Å². The maximum Gasteiger partial charge on any atom is 0.340 e. The first-order valence-corrected chi connectivity index (χ1v) is 9.89. The van der Waals surface area contributed by atoms with Crippen LogP contribution in [-0.4, -0.2) is 14.4 Å². The highest BCUT2D eigenvalue weighted by molar-refractivity contribution is 7.94. The van der Waals surface area contributed by atoms with Crippen molar-refractivity contribution in [2.24, 2.45) is 0 Å². The first-order chi connectivity index (χ1) is 12.5. The van der Waals surface area contributed by atoms with Crippen molar-refractivity contribution in [3.05, 3.63) is 83.0 Å². The van der Waals surface area contributed by atoms with Crippen molar-refractivity contribution < 1.29 is 22.3 Å². The summed E-state index contributed by atoms with van der Waals surface area (Å²) in [4.78, 5) is 12.3. The van der Waals surface area contributed by atoms with Crippen LogP contribution in [0.5, 0.6) is 0 Å². The third kappa shape index (κ3) is 4.09. The van der Waals surface area contributed by atoms with Crippen LogP contribution >= 0.6 is 11.3 Å². The van der Waals surface area contributed by atoms with Crippen LogP contribution in [0, 0.1) is 5.82 Å². The summed E-state index contributed by atoms with van der Waals surface area (Å²) in [5.74, 6) is -1.23. The summed E-state index contributed by atoms with van der Waals surface area (Å²) >= 11 is 1.06. The lowest BCUT2D eigenvalue weighted by atomic mass is 10.2. The molecule has 8 heteroatoms. The fourth-order valence-electron chi connectivity index (χ4n) is 2.20. The number of thiophene rings is 1. The molecule has 0 atom stereocenters. The highest BCUT2D eigenvalue weighted by Gasteiger charge is 2.20. The Balaban J connectivity index is 1.78. The van der Waals surface area contributed by atoms with Gasteiger partial charge in [0.25, 0.3) is 10.0 Å². The van der Waals surface area contributed by atoms with Gasteiger partial charge in [-0.05, 0) is 29.6 Å². The molecule has 5 nitrogen and oxygen atoms in total. The van der Waals surface area contributed by atoms with Crippen molar-refractivity contribution in [1.29, 1.82) is 0 Å². The number of esters is 1. The number of sulfonamides is 1. The van der Waals surface area contributed by atoms with Gasteiger partial charge in [0.1, 0.15) is 16.6 Å². The summed E-state index contributed by atoms with van der Waals surface area (Å²) in [6, 6.07) is 15.1. The minimum atomic E-state index is -3.80. The smallest absolute Gasteiger partial charge is 0.340 e. The number of rotatable bonds is 6. The second-order valence-corrected chi connectivity index (χ2v) is 8.11. The topological polar surface area (TPSA) is 72.5 Å². The summed E-state index contributed by atoms with van der Waals surface area (Å²) in [7, 11) is -3.80. The second kappa shape index (κ2) is 7.67. The molecule has 1 aromatic heterocycles. The molecule has 0 saturated heterocycles. The van der Waals surface area contributed by atoms with E-state index in [2.05, 4.69) is 4.72 Å². The highest BCUT2D eigenvalue weighted by Crippen LogP contribution is 2.23. The number of halogens is 1. The molecule has 2 aromatic carbocycles. The summed E-state index contributed by atoms with van der Waals surface area (Å²) < 4.78 is 46.0. The van der Waals surface area contributed by atoms with Gasteiger partial charge in [0, 0.05) is 5.56 Å². The molecule has 134 valence electrons. The van der Waals surface area contributed by atoms with Crippen LogP contribution in [0.4, 0.5) is 10.1 Å². The van der Waals surface area contributed by atoms with E-state index in [-0.39, 0.29) is 27.6 Å². The molecule has 0 fully saturated rings. The van der Waals surface area contributed by atoms with Gasteiger partial charge in [-0.25, -0.2) is 17.6 Å². The van der Waals surface area contributed by atoms with Gasteiger partial charge in [0.2, 0.25) is 0 Å². The Labute approximate surface area is 154 Å². The fourth-order valence-corrected chi connectivity index (χ4v) is 4.27. The van der Waals surface area contributed by atoms with Crippen molar-refractivity contribution in [1.82, 2.24) is 0 Å². The Bertz CT molecular complexity index is 1020. The van der Waals surface area contributed by atoms with Gasteiger partial charge in [-0.2, -0.15) is 0 Å². The molecular formula is C18H14FNO4S2. The second-order valence-electron chi connectivity index (χ2n) is 5.25. The molecule has 1 N–H and O–H groups in total. The van der Waals surface area contributed by atoms with Gasteiger partial charge in [-0.1, -0.05) is 36.4 Å². The molecule has 3 rings (SSSR count). The Hall–Kier alpha value is -2.71.